The molecule has 18 heavy (non-hydrogen) atoms. The van der Waals surface area contributed by atoms with Gasteiger partial charge < -0.3 is 10.1 Å². The fraction of sp³-hybridized carbons (Fsp3) is 0.625. The third kappa shape index (κ3) is 5.54. The van der Waals surface area contributed by atoms with Gasteiger partial charge in [-0.15, -0.1) is 0 Å². The molecule has 0 spiro atoms. The molecule has 1 aromatic rings. The average molecular weight is 249 g/mol. The van der Waals surface area contributed by atoms with E-state index in [0.717, 1.165) is 18.7 Å². The number of nitrogens with one attached hydrogen (secondary N) is 1. The predicted octanol–water partition coefficient (Wildman–Crippen LogP) is 3.65. The van der Waals surface area contributed by atoms with Crippen LogP contribution in [0.1, 0.15) is 40.2 Å². The molecular formula is C16H27NO. The van der Waals surface area contributed by atoms with Crippen molar-refractivity contribution in [3.05, 3.63) is 29.8 Å². The summed E-state index contributed by atoms with van der Waals surface area (Å²) in [6.07, 6.45) is 1.05. The van der Waals surface area contributed by atoms with Crippen LogP contribution in [0.2, 0.25) is 0 Å². The molecule has 0 aliphatic rings. The van der Waals surface area contributed by atoms with Crippen LogP contribution in [0.25, 0.3) is 0 Å². The topological polar surface area (TPSA) is 21.3 Å². The van der Waals surface area contributed by atoms with E-state index in [4.69, 9.17) is 4.74 Å². The first-order valence-electron chi connectivity index (χ1n) is 6.60. The molecule has 0 unspecified atom stereocenters. The average Bonchev–Trinajstić information content (AvgIpc) is 2.25. The smallest absolute Gasteiger partial charge is 0.119 e. The number of ether oxygens (including phenoxy) is 1. The van der Waals surface area contributed by atoms with Crippen molar-refractivity contribution in [1.82, 2.24) is 5.32 Å². The molecule has 1 N–H and O–H groups in total. The summed E-state index contributed by atoms with van der Waals surface area (Å²) < 4.78 is 5.27. The Kier molecular flexibility index (Phi) is 4.80. The number of methoxy groups -OCH3 is 1. The fourth-order valence-electron chi connectivity index (χ4n) is 1.90. The Balaban J connectivity index is 2.63. The van der Waals surface area contributed by atoms with Gasteiger partial charge >= 0.3 is 0 Å². The van der Waals surface area contributed by atoms with Gasteiger partial charge in [-0.3, -0.25) is 0 Å². The lowest BCUT2D eigenvalue weighted by atomic mass is 9.85. The van der Waals surface area contributed by atoms with E-state index in [2.05, 4.69) is 58.1 Å². The summed E-state index contributed by atoms with van der Waals surface area (Å²) in [5, 5.41) is 3.58. The SMILES string of the molecule is COc1cccc(CC(C)(C)CNC(C)(C)C)c1. The summed E-state index contributed by atoms with van der Waals surface area (Å²) in [4.78, 5) is 0. The van der Waals surface area contributed by atoms with Gasteiger partial charge in [-0.2, -0.15) is 0 Å². The van der Waals surface area contributed by atoms with Gasteiger partial charge in [0.25, 0.3) is 0 Å². The first kappa shape index (κ1) is 15.0. The second-order valence-electron chi connectivity index (χ2n) is 6.80. The molecule has 0 aromatic heterocycles. The number of hydrogen-bond acceptors (Lipinski definition) is 2. The lowest BCUT2D eigenvalue weighted by Crippen LogP contribution is -2.42. The second-order valence-corrected chi connectivity index (χ2v) is 6.80. The quantitative estimate of drug-likeness (QED) is 0.860. The molecule has 0 radical (unpaired) electrons. The minimum absolute atomic E-state index is 0.172. The molecule has 0 saturated heterocycles. The van der Waals surface area contributed by atoms with Crippen LogP contribution in [0, 0.1) is 5.41 Å². The molecule has 0 aliphatic heterocycles. The highest BCUT2D eigenvalue weighted by Gasteiger charge is 2.21. The Labute approximate surface area is 112 Å². The third-order valence-electron chi connectivity index (χ3n) is 2.91. The number of benzene rings is 1. The molecule has 2 nitrogen and oxygen atoms in total. The van der Waals surface area contributed by atoms with Gasteiger partial charge in [-0.1, -0.05) is 26.0 Å². The van der Waals surface area contributed by atoms with E-state index in [1.165, 1.54) is 5.56 Å². The van der Waals surface area contributed by atoms with Crippen molar-refractivity contribution in [3.63, 3.8) is 0 Å². The normalized spacial score (nSPS) is 12.6. The fourth-order valence-corrected chi connectivity index (χ4v) is 1.90. The van der Waals surface area contributed by atoms with Crippen LogP contribution in [0.4, 0.5) is 0 Å². The van der Waals surface area contributed by atoms with Gasteiger partial charge in [0.05, 0.1) is 7.11 Å². The lowest BCUT2D eigenvalue weighted by Gasteiger charge is -2.30. The molecule has 0 heterocycles. The largest absolute Gasteiger partial charge is 0.497 e. The number of rotatable bonds is 5. The van der Waals surface area contributed by atoms with Gasteiger partial charge in [0.15, 0.2) is 0 Å². The summed E-state index contributed by atoms with van der Waals surface area (Å²) >= 11 is 0. The molecule has 0 aliphatic carbocycles. The van der Waals surface area contributed by atoms with E-state index >= 15 is 0 Å². The third-order valence-corrected chi connectivity index (χ3v) is 2.91. The Morgan fingerprint density at radius 2 is 1.78 bits per heavy atom. The van der Waals surface area contributed by atoms with E-state index in [1.807, 2.05) is 6.07 Å². The molecule has 0 fully saturated rings. The van der Waals surface area contributed by atoms with Crippen molar-refractivity contribution in [1.29, 1.82) is 0 Å². The van der Waals surface area contributed by atoms with Crippen molar-refractivity contribution >= 4 is 0 Å². The van der Waals surface area contributed by atoms with Crippen molar-refractivity contribution in [2.45, 2.75) is 46.6 Å². The maximum absolute atomic E-state index is 5.27. The van der Waals surface area contributed by atoms with E-state index in [9.17, 15) is 0 Å². The molecule has 1 rings (SSSR count). The van der Waals surface area contributed by atoms with Gasteiger partial charge in [0.2, 0.25) is 0 Å². The van der Waals surface area contributed by atoms with Gasteiger partial charge in [0, 0.05) is 12.1 Å². The maximum Gasteiger partial charge on any atom is 0.119 e. The summed E-state index contributed by atoms with van der Waals surface area (Å²) in [6, 6.07) is 8.34. The molecule has 0 bridgehead atoms. The first-order chi connectivity index (χ1) is 8.22. The Hall–Kier alpha value is -1.02. The molecule has 0 amide bonds. The number of hydrogen-bond donors (Lipinski definition) is 1. The van der Waals surface area contributed by atoms with Crippen molar-refractivity contribution < 1.29 is 4.74 Å². The minimum atomic E-state index is 0.172. The predicted molar refractivity (Wildman–Crippen MR) is 78.2 cm³/mol. The van der Waals surface area contributed by atoms with E-state index < -0.39 is 0 Å². The van der Waals surface area contributed by atoms with E-state index in [1.54, 1.807) is 7.11 Å². The van der Waals surface area contributed by atoms with Gasteiger partial charge in [-0.05, 0) is 50.3 Å². The van der Waals surface area contributed by atoms with Crippen LogP contribution >= 0.6 is 0 Å². The first-order valence-corrected chi connectivity index (χ1v) is 6.60. The van der Waals surface area contributed by atoms with Crippen LogP contribution in [-0.2, 0) is 6.42 Å². The minimum Gasteiger partial charge on any atom is -0.497 e. The summed E-state index contributed by atoms with van der Waals surface area (Å²) in [5.74, 6) is 0.937. The van der Waals surface area contributed by atoms with Crippen LogP contribution < -0.4 is 10.1 Å². The highest BCUT2D eigenvalue weighted by molar-refractivity contribution is 5.29. The molecule has 102 valence electrons. The Morgan fingerprint density at radius 3 is 2.33 bits per heavy atom. The summed E-state index contributed by atoms with van der Waals surface area (Å²) in [7, 11) is 1.71. The van der Waals surface area contributed by atoms with Crippen LogP contribution in [0.5, 0.6) is 5.75 Å². The molecule has 1 aromatic carbocycles. The molecular weight excluding hydrogens is 222 g/mol. The van der Waals surface area contributed by atoms with Crippen LogP contribution in [0.3, 0.4) is 0 Å². The Morgan fingerprint density at radius 1 is 1.11 bits per heavy atom. The Bertz CT molecular complexity index is 377. The highest BCUT2D eigenvalue weighted by Crippen LogP contribution is 2.24. The molecule has 0 atom stereocenters. The molecule has 0 saturated carbocycles. The standard InChI is InChI=1S/C16H27NO/c1-15(2,3)17-12-16(4,5)11-13-8-7-9-14(10-13)18-6/h7-10,17H,11-12H2,1-6H3. The maximum atomic E-state index is 5.27. The zero-order valence-electron chi connectivity index (χ0n) is 12.6. The van der Waals surface area contributed by atoms with Gasteiger partial charge in [0.1, 0.15) is 5.75 Å². The van der Waals surface area contributed by atoms with E-state index in [-0.39, 0.29) is 11.0 Å². The second kappa shape index (κ2) is 5.75. The summed E-state index contributed by atoms with van der Waals surface area (Å²) in [5.41, 5.74) is 1.74. The van der Waals surface area contributed by atoms with E-state index in [0.29, 0.717) is 0 Å². The van der Waals surface area contributed by atoms with Crippen LogP contribution in [-0.4, -0.2) is 19.2 Å². The van der Waals surface area contributed by atoms with Crippen molar-refractivity contribution in [2.24, 2.45) is 5.41 Å². The zero-order valence-corrected chi connectivity index (χ0v) is 12.6. The molecule has 2 heteroatoms. The summed E-state index contributed by atoms with van der Waals surface area (Å²) in [6.45, 7) is 12.2. The zero-order chi connectivity index (χ0) is 13.8. The van der Waals surface area contributed by atoms with Crippen molar-refractivity contribution in [3.8, 4) is 5.75 Å². The van der Waals surface area contributed by atoms with Crippen molar-refractivity contribution in [2.75, 3.05) is 13.7 Å². The highest BCUT2D eigenvalue weighted by atomic mass is 16.5. The van der Waals surface area contributed by atoms with Gasteiger partial charge in [-0.25, -0.2) is 0 Å². The lowest BCUT2D eigenvalue weighted by molar-refractivity contribution is 0.288. The van der Waals surface area contributed by atoms with Crippen LogP contribution in [0.15, 0.2) is 24.3 Å². The monoisotopic (exact) mass is 249 g/mol.